The summed E-state index contributed by atoms with van der Waals surface area (Å²) in [6.07, 6.45) is -6.84. The minimum absolute atomic E-state index is 0.539. The van der Waals surface area contributed by atoms with Gasteiger partial charge in [-0.15, -0.1) is 0 Å². The van der Waals surface area contributed by atoms with E-state index in [1.54, 1.807) is 41.5 Å². The zero-order chi connectivity index (χ0) is 24.4. The van der Waals surface area contributed by atoms with E-state index in [1.807, 2.05) is 6.11 Å². The Morgan fingerprint density at radius 1 is 0.750 bits per heavy atom. The van der Waals surface area contributed by atoms with Gasteiger partial charge in [0, 0.05) is 0 Å². The van der Waals surface area contributed by atoms with Gasteiger partial charge < -0.3 is 54.0 Å². The number of rotatable bonds is 6. The van der Waals surface area contributed by atoms with Gasteiger partial charge in [-0.2, -0.15) is 0 Å². The molecule has 0 saturated carbocycles. The topological polar surface area (TPSA) is 157 Å². The molecule has 0 aliphatic carbocycles. The lowest BCUT2D eigenvalue weighted by atomic mass is 9.97. The second-order valence-electron chi connectivity index (χ2n) is 9.82. The SMILES string of the molecule is C#COC1OC(OC(C)(C)C)C(O)C(O)C1OC1OC(CO)C(OC(C)(C)C)C(O)C1O. The van der Waals surface area contributed by atoms with Crippen LogP contribution in [0, 0.1) is 12.5 Å². The summed E-state index contributed by atoms with van der Waals surface area (Å²) in [5.41, 5.74) is -1.41. The van der Waals surface area contributed by atoms with Gasteiger partial charge in [0.25, 0.3) is 0 Å². The molecular formula is C21H36O11. The molecule has 2 aliphatic rings. The fourth-order valence-corrected chi connectivity index (χ4v) is 3.43. The van der Waals surface area contributed by atoms with Crippen molar-refractivity contribution in [3.8, 4) is 12.5 Å². The number of terminal acetylenes is 1. The van der Waals surface area contributed by atoms with Crippen molar-refractivity contribution in [2.45, 2.75) is 114 Å². The van der Waals surface area contributed by atoms with Gasteiger partial charge in [0.15, 0.2) is 18.7 Å². The first-order chi connectivity index (χ1) is 14.7. The van der Waals surface area contributed by atoms with Crippen LogP contribution in [-0.2, 0) is 28.4 Å². The normalized spacial score (nSPS) is 41.2. The van der Waals surface area contributed by atoms with Crippen molar-refractivity contribution in [1.29, 1.82) is 0 Å². The van der Waals surface area contributed by atoms with E-state index in [2.05, 4.69) is 0 Å². The minimum Gasteiger partial charge on any atom is -0.412 e. The Morgan fingerprint density at radius 2 is 1.28 bits per heavy atom. The molecule has 2 aliphatic heterocycles. The van der Waals surface area contributed by atoms with E-state index in [4.69, 9.17) is 34.8 Å². The summed E-state index contributed by atoms with van der Waals surface area (Å²) in [7, 11) is 0. The molecule has 186 valence electrons. The van der Waals surface area contributed by atoms with Gasteiger partial charge in [-0.05, 0) is 41.5 Å². The summed E-state index contributed by atoms with van der Waals surface area (Å²) in [4.78, 5) is 0. The van der Waals surface area contributed by atoms with Crippen molar-refractivity contribution in [2.75, 3.05) is 6.61 Å². The molecule has 32 heavy (non-hydrogen) atoms. The van der Waals surface area contributed by atoms with E-state index in [0.29, 0.717) is 0 Å². The fourth-order valence-electron chi connectivity index (χ4n) is 3.43. The molecule has 0 spiro atoms. The second-order valence-corrected chi connectivity index (χ2v) is 9.82. The lowest BCUT2D eigenvalue weighted by Crippen LogP contribution is -2.65. The Labute approximate surface area is 188 Å². The van der Waals surface area contributed by atoms with E-state index in [0.717, 1.165) is 0 Å². The first-order valence-electron chi connectivity index (χ1n) is 10.4. The molecule has 11 heteroatoms. The molecule has 0 aromatic carbocycles. The van der Waals surface area contributed by atoms with Crippen LogP contribution in [0.1, 0.15) is 41.5 Å². The molecule has 11 nitrogen and oxygen atoms in total. The third-order valence-electron chi connectivity index (χ3n) is 4.76. The van der Waals surface area contributed by atoms with Gasteiger partial charge in [0.2, 0.25) is 6.29 Å². The van der Waals surface area contributed by atoms with Crippen molar-refractivity contribution in [3.05, 3.63) is 0 Å². The number of hydrogen-bond donors (Lipinski definition) is 5. The van der Waals surface area contributed by atoms with Crippen LogP contribution in [0.5, 0.6) is 0 Å². The number of aliphatic hydroxyl groups excluding tert-OH is 5. The quantitative estimate of drug-likeness (QED) is 0.302. The number of hydrogen-bond acceptors (Lipinski definition) is 11. The maximum Gasteiger partial charge on any atom is 0.241 e. The maximum atomic E-state index is 10.7. The average molecular weight is 465 g/mol. The van der Waals surface area contributed by atoms with Crippen molar-refractivity contribution in [1.82, 2.24) is 0 Å². The highest BCUT2D eigenvalue weighted by atomic mass is 16.8. The van der Waals surface area contributed by atoms with Gasteiger partial charge in [-0.1, -0.05) is 6.42 Å². The molecule has 0 bridgehead atoms. The van der Waals surface area contributed by atoms with Gasteiger partial charge in [0.1, 0.15) is 42.7 Å². The van der Waals surface area contributed by atoms with Crippen LogP contribution in [0.4, 0.5) is 0 Å². The number of ether oxygens (including phenoxy) is 6. The van der Waals surface area contributed by atoms with Gasteiger partial charge in [0.05, 0.1) is 17.8 Å². The van der Waals surface area contributed by atoms with Gasteiger partial charge in [-0.3, -0.25) is 0 Å². The summed E-state index contributed by atoms with van der Waals surface area (Å²) >= 11 is 0. The van der Waals surface area contributed by atoms with Crippen LogP contribution < -0.4 is 0 Å². The van der Waals surface area contributed by atoms with Crippen LogP contribution in [0.15, 0.2) is 0 Å². The molecule has 2 saturated heterocycles. The molecule has 10 atom stereocenters. The smallest absolute Gasteiger partial charge is 0.241 e. The van der Waals surface area contributed by atoms with Crippen LogP contribution in [0.2, 0.25) is 0 Å². The highest BCUT2D eigenvalue weighted by Crippen LogP contribution is 2.32. The van der Waals surface area contributed by atoms with Crippen LogP contribution in [0.3, 0.4) is 0 Å². The first kappa shape index (κ1) is 27.2. The zero-order valence-electron chi connectivity index (χ0n) is 19.2. The van der Waals surface area contributed by atoms with Crippen molar-refractivity contribution < 1.29 is 54.0 Å². The van der Waals surface area contributed by atoms with Crippen molar-refractivity contribution >= 4 is 0 Å². The monoisotopic (exact) mass is 464 g/mol. The van der Waals surface area contributed by atoms with Crippen LogP contribution in [-0.4, -0.2) is 105 Å². The third kappa shape index (κ3) is 6.74. The molecule has 0 amide bonds. The molecule has 2 heterocycles. The van der Waals surface area contributed by atoms with E-state index in [1.165, 1.54) is 0 Å². The summed E-state index contributed by atoms with van der Waals surface area (Å²) in [5, 5.41) is 52.0. The van der Waals surface area contributed by atoms with E-state index < -0.39 is 79.4 Å². The average Bonchev–Trinajstić information content (AvgIpc) is 2.66. The largest absolute Gasteiger partial charge is 0.412 e. The zero-order valence-corrected chi connectivity index (χ0v) is 19.2. The Balaban J connectivity index is 2.19. The predicted molar refractivity (Wildman–Crippen MR) is 109 cm³/mol. The first-order valence-corrected chi connectivity index (χ1v) is 10.4. The molecule has 0 radical (unpaired) electrons. The maximum absolute atomic E-state index is 10.7. The minimum atomic E-state index is -1.62. The van der Waals surface area contributed by atoms with E-state index >= 15 is 0 Å². The summed E-state index contributed by atoms with van der Waals surface area (Å²) < 4.78 is 33.2. The predicted octanol–water partition coefficient (Wildman–Crippen LogP) is -1.18. The molecule has 2 fully saturated rings. The highest BCUT2D eigenvalue weighted by molar-refractivity contribution is 4.94. The molecule has 0 aromatic heterocycles. The Hall–Kier alpha value is -1.04. The van der Waals surface area contributed by atoms with E-state index in [-0.39, 0.29) is 0 Å². The molecule has 0 aromatic rings. The fraction of sp³-hybridized carbons (Fsp3) is 0.905. The standard InChI is InChI=1S/C21H36O11/c1-8-27-19-16(12(24)14(26)18(30-19)32-21(5,6)7)29-17-13(25)11(23)15(10(9-22)28-17)31-20(2,3)4/h1,10-19,22-26H,9H2,2-7H3. The Bertz CT molecular complexity index is 635. The van der Waals surface area contributed by atoms with Crippen LogP contribution >= 0.6 is 0 Å². The van der Waals surface area contributed by atoms with Crippen molar-refractivity contribution in [2.24, 2.45) is 0 Å². The number of aliphatic hydroxyl groups is 5. The van der Waals surface area contributed by atoms with Gasteiger partial charge >= 0.3 is 0 Å². The second kappa shape index (κ2) is 10.5. The van der Waals surface area contributed by atoms with Crippen LogP contribution in [0.25, 0.3) is 0 Å². The molecule has 2 rings (SSSR count). The van der Waals surface area contributed by atoms with Gasteiger partial charge in [-0.25, -0.2) is 0 Å². The molecular weight excluding hydrogens is 428 g/mol. The Morgan fingerprint density at radius 3 is 1.78 bits per heavy atom. The van der Waals surface area contributed by atoms with Crippen molar-refractivity contribution in [3.63, 3.8) is 0 Å². The highest BCUT2D eigenvalue weighted by Gasteiger charge is 2.53. The summed E-state index contributed by atoms with van der Waals surface area (Å²) in [5.74, 6) is 0. The molecule has 10 unspecified atom stereocenters. The van der Waals surface area contributed by atoms with E-state index in [9.17, 15) is 25.5 Å². The third-order valence-corrected chi connectivity index (χ3v) is 4.76. The Kier molecular flexibility index (Phi) is 8.91. The summed E-state index contributed by atoms with van der Waals surface area (Å²) in [6.45, 7) is 9.90. The summed E-state index contributed by atoms with van der Waals surface area (Å²) in [6, 6.07) is 0. The lowest BCUT2D eigenvalue weighted by molar-refractivity contribution is -0.392. The molecule has 5 N–H and O–H groups in total. The lowest BCUT2D eigenvalue weighted by Gasteiger charge is -2.47.